The molecule has 0 aromatic carbocycles. The van der Waals surface area contributed by atoms with E-state index in [1.807, 2.05) is 0 Å². The Morgan fingerprint density at radius 2 is 1.75 bits per heavy atom. The molecule has 0 saturated carbocycles. The van der Waals surface area contributed by atoms with E-state index < -0.39 is 0 Å². The maximum absolute atomic E-state index is 5.64. The van der Waals surface area contributed by atoms with Gasteiger partial charge in [-0.15, -0.1) is 0 Å². The van der Waals surface area contributed by atoms with E-state index in [4.69, 9.17) is 9.47 Å². The summed E-state index contributed by atoms with van der Waals surface area (Å²) >= 11 is 3.43. The topological polar surface area (TPSA) is 18.5 Å². The van der Waals surface area contributed by atoms with Crippen LogP contribution in [-0.4, -0.2) is 30.8 Å². The molecule has 0 aliphatic carbocycles. The average molecular weight is 237 g/mol. The van der Waals surface area contributed by atoms with Crippen LogP contribution in [0, 0.1) is 0 Å². The Labute approximate surface area is 82.7 Å². The Hall–Kier alpha value is 0.400. The van der Waals surface area contributed by atoms with E-state index in [-0.39, 0.29) is 0 Å². The number of ether oxygens (including phenoxy) is 2. The Bertz CT molecular complexity index is 101. The maximum Gasteiger partial charge on any atom is 0.0845 e. The summed E-state index contributed by atoms with van der Waals surface area (Å²) in [4.78, 5) is 0. The summed E-state index contributed by atoms with van der Waals surface area (Å²) in [7, 11) is 0. The molecule has 2 unspecified atom stereocenters. The van der Waals surface area contributed by atoms with E-state index >= 15 is 0 Å². The average Bonchev–Trinajstić information content (AvgIpc) is 2.09. The zero-order chi connectivity index (χ0) is 8.81. The molecule has 0 aromatic rings. The van der Waals surface area contributed by atoms with Gasteiger partial charge in [0, 0.05) is 5.33 Å². The minimum Gasteiger partial charge on any atom is -0.373 e. The Morgan fingerprint density at radius 3 is 2.25 bits per heavy atom. The highest BCUT2D eigenvalue weighted by molar-refractivity contribution is 9.09. The molecule has 1 fully saturated rings. The zero-order valence-corrected chi connectivity index (χ0v) is 9.18. The first-order valence-corrected chi connectivity index (χ1v) is 5.79. The summed E-state index contributed by atoms with van der Waals surface area (Å²) in [6, 6.07) is 0. The van der Waals surface area contributed by atoms with Crippen molar-refractivity contribution in [2.75, 3.05) is 18.5 Å². The number of hydrogen-bond acceptors (Lipinski definition) is 2. The molecule has 0 bridgehead atoms. The fourth-order valence-corrected chi connectivity index (χ4v) is 2.00. The summed E-state index contributed by atoms with van der Waals surface area (Å²) in [6.45, 7) is 3.71. The number of hydrogen-bond donors (Lipinski definition) is 0. The van der Waals surface area contributed by atoms with E-state index in [0.29, 0.717) is 12.2 Å². The molecule has 1 rings (SSSR count). The van der Waals surface area contributed by atoms with Crippen molar-refractivity contribution < 1.29 is 9.47 Å². The van der Waals surface area contributed by atoms with Gasteiger partial charge in [-0.1, -0.05) is 29.3 Å². The molecular weight excluding hydrogens is 220 g/mol. The molecular formula is C9H17BrO2. The molecule has 0 aromatic heterocycles. The molecule has 72 valence electrons. The van der Waals surface area contributed by atoms with Gasteiger partial charge in [-0.05, 0) is 12.8 Å². The van der Waals surface area contributed by atoms with E-state index in [2.05, 4.69) is 22.9 Å². The van der Waals surface area contributed by atoms with Gasteiger partial charge in [-0.3, -0.25) is 0 Å². The third-order valence-corrected chi connectivity index (χ3v) is 2.59. The third-order valence-electron chi connectivity index (χ3n) is 2.13. The Balaban J connectivity index is 2.31. The van der Waals surface area contributed by atoms with Gasteiger partial charge in [0.25, 0.3) is 0 Å². The van der Waals surface area contributed by atoms with Crippen LogP contribution in [-0.2, 0) is 9.47 Å². The molecule has 1 saturated heterocycles. The summed E-state index contributed by atoms with van der Waals surface area (Å²) in [5.41, 5.74) is 0. The second-order valence-corrected chi connectivity index (χ2v) is 3.88. The zero-order valence-electron chi connectivity index (χ0n) is 7.59. The molecule has 3 heteroatoms. The van der Waals surface area contributed by atoms with Crippen molar-refractivity contribution >= 4 is 15.9 Å². The fourth-order valence-electron chi connectivity index (χ4n) is 1.54. The van der Waals surface area contributed by atoms with Crippen LogP contribution in [0.3, 0.4) is 0 Å². The number of rotatable bonds is 4. The predicted molar refractivity (Wildman–Crippen MR) is 52.8 cm³/mol. The molecule has 1 heterocycles. The van der Waals surface area contributed by atoms with Crippen LogP contribution in [0.5, 0.6) is 0 Å². The second-order valence-electron chi connectivity index (χ2n) is 3.08. The fraction of sp³-hybridized carbons (Fsp3) is 1.00. The monoisotopic (exact) mass is 236 g/mol. The van der Waals surface area contributed by atoms with Gasteiger partial charge in [-0.25, -0.2) is 0 Å². The van der Waals surface area contributed by atoms with Crippen molar-refractivity contribution in [3.8, 4) is 0 Å². The standard InChI is InChI=1S/C9H17BrO2/c1-2-3-8-9(4-5-10)12-7-6-11-8/h8-9H,2-7H2,1H3. The van der Waals surface area contributed by atoms with E-state index in [0.717, 1.165) is 31.4 Å². The molecule has 2 nitrogen and oxygen atoms in total. The van der Waals surface area contributed by atoms with Crippen molar-refractivity contribution in [3.63, 3.8) is 0 Å². The highest BCUT2D eigenvalue weighted by Gasteiger charge is 2.24. The molecule has 1 aliphatic rings. The lowest BCUT2D eigenvalue weighted by atomic mass is 10.1. The lowest BCUT2D eigenvalue weighted by Gasteiger charge is -2.31. The largest absolute Gasteiger partial charge is 0.373 e. The quantitative estimate of drug-likeness (QED) is 0.699. The van der Waals surface area contributed by atoms with Crippen molar-refractivity contribution in [2.24, 2.45) is 0 Å². The van der Waals surface area contributed by atoms with Crippen LogP contribution < -0.4 is 0 Å². The first-order chi connectivity index (χ1) is 5.88. The molecule has 0 spiro atoms. The lowest BCUT2D eigenvalue weighted by Crippen LogP contribution is -2.38. The normalized spacial score (nSPS) is 30.5. The van der Waals surface area contributed by atoms with Gasteiger partial charge >= 0.3 is 0 Å². The first kappa shape index (κ1) is 10.5. The minimum atomic E-state index is 0.318. The summed E-state index contributed by atoms with van der Waals surface area (Å²) in [5, 5.41) is 1.00. The second kappa shape index (κ2) is 5.95. The number of halogens is 1. The van der Waals surface area contributed by atoms with Gasteiger partial charge in [-0.2, -0.15) is 0 Å². The highest BCUT2D eigenvalue weighted by atomic mass is 79.9. The SMILES string of the molecule is CCCC1OCCOC1CCBr. The summed E-state index contributed by atoms with van der Waals surface area (Å²) in [5.74, 6) is 0. The van der Waals surface area contributed by atoms with Crippen molar-refractivity contribution in [1.29, 1.82) is 0 Å². The molecule has 2 atom stereocenters. The van der Waals surface area contributed by atoms with Crippen LogP contribution in [0.4, 0.5) is 0 Å². The van der Waals surface area contributed by atoms with E-state index in [9.17, 15) is 0 Å². The first-order valence-electron chi connectivity index (χ1n) is 4.67. The van der Waals surface area contributed by atoms with Crippen molar-refractivity contribution in [1.82, 2.24) is 0 Å². The van der Waals surface area contributed by atoms with Gasteiger partial charge in [0.1, 0.15) is 0 Å². The van der Waals surface area contributed by atoms with Crippen LogP contribution >= 0.6 is 15.9 Å². The van der Waals surface area contributed by atoms with Crippen LogP contribution in [0.15, 0.2) is 0 Å². The van der Waals surface area contributed by atoms with E-state index in [1.165, 1.54) is 6.42 Å². The third kappa shape index (κ3) is 3.04. The molecule has 0 radical (unpaired) electrons. The summed E-state index contributed by atoms with van der Waals surface area (Å²) < 4.78 is 11.3. The van der Waals surface area contributed by atoms with Crippen molar-refractivity contribution in [3.05, 3.63) is 0 Å². The van der Waals surface area contributed by atoms with Gasteiger partial charge in [0.2, 0.25) is 0 Å². The Kier molecular flexibility index (Phi) is 5.19. The number of alkyl halides is 1. The van der Waals surface area contributed by atoms with Gasteiger partial charge in [0.05, 0.1) is 25.4 Å². The highest BCUT2D eigenvalue weighted by Crippen LogP contribution is 2.18. The minimum absolute atomic E-state index is 0.318. The molecule has 0 N–H and O–H groups in total. The predicted octanol–water partition coefficient (Wildman–Crippen LogP) is 2.36. The van der Waals surface area contributed by atoms with Crippen LogP contribution in [0.1, 0.15) is 26.2 Å². The smallest absolute Gasteiger partial charge is 0.0845 e. The van der Waals surface area contributed by atoms with Crippen LogP contribution in [0.25, 0.3) is 0 Å². The molecule has 1 aliphatic heterocycles. The summed E-state index contributed by atoms with van der Waals surface area (Å²) in [6.07, 6.45) is 4.01. The Morgan fingerprint density at radius 1 is 1.17 bits per heavy atom. The van der Waals surface area contributed by atoms with Crippen molar-refractivity contribution in [2.45, 2.75) is 38.4 Å². The molecule has 0 amide bonds. The lowest BCUT2D eigenvalue weighted by molar-refractivity contribution is -0.142. The van der Waals surface area contributed by atoms with Gasteiger partial charge in [0.15, 0.2) is 0 Å². The molecule has 12 heavy (non-hydrogen) atoms. The maximum atomic E-state index is 5.64. The van der Waals surface area contributed by atoms with Gasteiger partial charge < -0.3 is 9.47 Å². The van der Waals surface area contributed by atoms with Crippen LogP contribution in [0.2, 0.25) is 0 Å². The van der Waals surface area contributed by atoms with E-state index in [1.54, 1.807) is 0 Å².